The SMILES string of the molecule is Cc1cc(C(=O)NNC(=O)c2ccccc2Cl)c2ccc(F)cc2n1. The number of fused-ring (bicyclic) bond motifs is 1. The molecular formula is C18H13ClFN3O2. The number of hydrazine groups is 1. The van der Waals surface area contributed by atoms with Crippen LogP contribution in [0.5, 0.6) is 0 Å². The predicted molar refractivity (Wildman–Crippen MR) is 92.8 cm³/mol. The Bertz CT molecular complexity index is 986. The Kier molecular flexibility index (Phi) is 4.63. The van der Waals surface area contributed by atoms with Gasteiger partial charge in [-0.3, -0.25) is 25.4 Å². The van der Waals surface area contributed by atoms with E-state index in [2.05, 4.69) is 15.8 Å². The van der Waals surface area contributed by atoms with Crippen LogP contribution in [0.25, 0.3) is 10.9 Å². The Morgan fingerprint density at radius 2 is 1.68 bits per heavy atom. The molecule has 7 heteroatoms. The lowest BCUT2D eigenvalue weighted by atomic mass is 10.1. The number of hydrogen-bond acceptors (Lipinski definition) is 3. The van der Waals surface area contributed by atoms with Crippen LogP contribution in [0.15, 0.2) is 48.5 Å². The Balaban J connectivity index is 1.83. The van der Waals surface area contributed by atoms with E-state index >= 15 is 0 Å². The highest BCUT2D eigenvalue weighted by Crippen LogP contribution is 2.19. The normalized spacial score (nSPS) is 10.5. The van der Waals surface area contributed by atoms with Gasteiger partial charge in [-0.1, -0.05) is 23.7 Å². The van der Waals surface area contributed by atoms with Crippen LogP contribution < -0.4 is 10.9 Å². The molecule has 2 amide bonds. The van der Waals surface area contributed by atoms with E-state index in [1.165, 1.54) is 18.2 Å². The summed E-state index contributed by atoms with van der Waals surface area (Å²) in [7, 11) is 0. The van der Waals surface area contributed by atoms with E-state index in [9.17, 15) is 14.0 Å². The Morgan fingerprint density at radius 1 is 1.00 bits per heavy atom. The molecule has 5 nitrogen and oxygen atoms in total. The average Bonchev–Trinajstić information content (AvgIpc) is 2.58. The summed E-state index contributed by atoms with van der Waals surface area (Å²) >= 11 is 5.95. The number of carbonyl (C=O) groups excluding carboxylic acids is 2. The summed E-state index contributed by atoms with van der Waals surface area (Å²) in [5.74, 6) is -1.52. The van der Waals surface area contributed by atoms with Crippen molar-refractivity contribution < 1.29 is 14.0 Å². The van der Waals surface area contributed by atoms with Gasteiger partial charge in [0.1, 0.15) is 5.82 Å². The summed E-state index contributed by atoms with van der Waals surface area (Å²) < 4.78 is 13.4. The van der Waals surface area contributed by atoms with Crippen LogP contribution in [0.2, 0.25) is 5.02 Å². The van der Waals surface area contributed by atoms with Crippen LogP contribution >= 0.6 is 11.6 Å². The Morgan fingerprint density at radius 3 is 2.40 bits per heavy atom. The molecule has 126 valence electrons. The number of aryl methyl sites for hydroxylation is 1. The predicted octanol–water partition coefficient (Wildman–Crippen LogP) is 3.41. The van der Waals surface area contributed by atoms with Crippen molar-refractivity contribution in [2.45, 2.75) is 6.92 Å². The lowest BCUT2D eigenvalue weighted by Gasteiger charge is -2.11. The van der Waals surface area contributed by atoms with Gasteiger partial charge in [-0.25, -0.2) is 4.39 Å². The maximum absolute atomic E-state index is 13.4. The van der Waals surface area contributed by atoms with E-state index in [1.54, 1.807) is 37.3 Å². The van der Waals surface area contributed by atoms with E-state index in [-0.39, 0.29) is 16.1 Å². The minimum absolute atomic E-state index is 0.238. The zero-order valence-corrected chi connectivity index (χ0v) is 13.9. The second kappa shape index (κ2) is 6.86. The fraction of sp³-hybridized carbons (Fsp3) is 0.0556. The first-order chi connectivity index (χ1) is 12.0. The Hall–Kier alpha value is -2.99. The lowest BCUT2D eigenvalue weighted by Crippen LogP contribution is -2.41. The van der Waals surface area contributed by atoms with Gasteiger partial charge in [0.05, 0.1) is 21.7 Å². The number of amides is 2. The summed E-state index contributed by atoms with van der Waals surface area (Å²) in [5, 5.41) is 0.756. The minimum Gasteiger partial charge on any atom is -0.267 e. The molecule has 0 bridgehead atoms. The smallest absolute Gasteiger partial charge is 0.267 e. The number of aromatic nitrogens is 1. The summed E-state index contributed by atoms with van der Waals surface area (Å²) in [5.41, 5.74) is 6.09. The molecule has 0 aliphatic rings. The molecule has 0 atom stereocenters. The van der Waals surface area contributed by atoms with Gasteiger partial charge in [0.2, 0.25) is 0 Å². The van der Waals surface area contributed by atoms with Gasteiger partial charge in [-0.05, 0) is 37.3 Å². The fourth-order valence-corrected chi connectivity index (χ4v) is 2.64. The van der Waals surface area contributed by atoms with Crippen molar-refractivity contribution in [3.05, 3.63) is 76.2 Å². The van der Waals surface area contributed by atoms with E-state index in [1.807, 2.05) is 0 Å². The molecule has 0 unspecified atom stereocenters. The molecule has 1 aromatic heterocycles. The number of nitrogens with one attached hydrogen (secondary N) is 2. The first kappa shape index (κ1) is 16.9. The third kappa shape index (κ3) is 3.59. The monoisotopic (exact) mass is 357 g/mol. The van der Waals surface area contributed by atoms with Crippen LogP contribution in [0.1, 0.15) is 26.4 Å². The van der Waals surface area contributed by atoms with E-state index in [0.717, 1.165) is 0 Å². The molecule has 25 heavy (non-hydrogen) atoms. The number of nitrogens with zero attached hydrogens (tertiary/aromatic N) is 1. The number of halogens is 2. The van der Waals surface area contributed by atoms with Crippen molar-refractivity contribution >= 4 is 34.3 Å². The van der Waals surface area contributed by atoms with Crippen molar-refractivity contribution in [2.75, 3.05) is 0 Å². The number of carbonyl (C=O) groups is 2. The van der Waals surface area contributed by atoms with Crippen molar-refractivity contribution in [3.63, 3.8) is 0 Å². The van der Waals surface area contributed by atoms with Gasteiger partial charge >= 0.3 is 0 Å². The molecule has 0 aliphatic carbocycles. The highest BCUT2D eigenvalue weighted by molar-refractivity contribution is 6.33. The molecule has 0 saturated carbocycles. The van der Waals surface area contributed by atoms with E-state index < -0.39 is 17.6 Å². The molecule has 2 aromatic carbocycles. The minimum atomic E-state index is -0.542. The number of pyridine rings is 1. The molecule has 3 aromatic rings. The topological polar surface area (TPSA) is 71.1 Å². The summed E-state index contributed by atoms with van der Waals surface area (Å²) in [6.07, 6.45) is 0. The third-order valence-electron chi connectivity index (χ3n) is 3.55. The van der Waals surface area contributed by atoms with Gasteiger partial charge in [-0.2, -0.15) is 0 Å². The summed E-state index contributed by atoms with van der Waals surface area (Å²) in [4.78, 5) is 28.7. The number of rotatable bonds is 2. The van der Waals surface area contributed by atoms with Crippen molar-refractivity contribution in [1.29, 1.82) is 0 Å². The summed E-state index contributed by atoms with van der Waals surface area (Å²) in [6.45, 7) is 1.70. The molecule has 0 saturated heterocycles. The molecule has 1 heterocycles. The molecule has 3 rings (SSSR count). The second-order valence-corrected chi connectivity index (χ2v) is 5.77. The Labute approximate surface area is 147 Å². The zero-order valence-electron chi connectivity index (χ0n) is 13.1. The van der Waals surface area contributed by atoms with Gasteiger partial charge in [0.15, 0.2) is 0 Å². The zero-order chi connectivity index (χ0) is 18.0. The van der Waals surface area contributed by atoms with Crippen LogP contribution in [0.4, 0.5) is 4.39 Å². The first-order valence-corrected chi connectivity index (χ1v) is 7.75. The van der Waals surface area contributed by atoms with Gasteiger partial charge in [0.25, 0.3) is 11.8 Å². The van der Waals surface area contributed by atoms with Crippen molar-refractivity contribution in [3.8, 4) is 0 Å². The average molecular weight is 358 g/mol. The highest BCUT2D eigenvalue weighted by Gasteiger charge is 2.15. The molecule has 0 aliphatic heterocycles. The number of benzene rings is 2. The van der Waals surface area contributed by atoms with Gasteiger partial charge in [0, 0.05) is 17.1 Å². The van der Waals surface area contributed by atoms with E-state index in [0.29, 0.717) is 16.6 Å². The van der Waals surface area contributed by atoms with Crippen LogP contribution in [-0.2, 0) is 0 Å². The first-order valence-electron chi connectivity index (χ1n) is 7.38. The fourth-order valence-electron chi connectivity index (χ4n) is 2.42. The van der Waals surface area contributed by atoms with Crippen LogP contribution in [0.3, 0.4) is 0 Å². The maximum Gasteiger partial charge on any atom is 0.271 e. The second-order valence-electron chi connectivity index (χ2n) is 5.36. The van der Waals surface area contributed by atoms with Gasteiger partial charge < -0.3 is 0 Å². The van der Waals surface area contributed by atoms with Crippen LogP contribution in [0, 0.1) is 12.7 Å². The maximum atomic E-state index is 13.4. The molecule has 0 fully saturated rings. The lowest BCUT2D eigenvalue weighted by molar-refractivity contribution is 0.0847. The molecule has 2 N–H and O–H groups in total. The number of hydrogen-bond donors (Lipinski definition) is 2. The van der Waals surface area contributed by atoms with Gasteiger partial charge in [-0.15, -0.1) is 0 Å². The quantitative estimate of drug-likeness (QED) is 0.690. The largest absolute Gasteiger partial charge is 0.271 e. The standard InChI is InChI=1S/C18H13ClFN3O2/c1-10-8-14(12-7-6-11(20)9-16(12)21-10)18(25)23-22-17(24)13-4-2-3-5-15(13)19/h2-9H,1H3,(H,22,24)(H,23,25). The van der Waals surface area contributed by atoms with Crippen molar-refractivity contribution in [2.24, 2.45) is 0 Å². The molecular weight excluding hydrogens is 345 g/mol. The molecule has 0 spiro atoms. The van der Waals surface area contributed by atoms with Crippen LogP contribution in [-0.4, -0.2) is 16.8 Å². The van der Waals surface area contributed by atoms with E-state index in [4.69, 9.17) is 11.6 Å². The summed E-state index contributed by atoms with van der Waals surface area (Å²) in [6, 6.07) is 12.0. The third-order valence-corrected chi connectivity index (χ3v) is 3.88. The highest BCUT2D eigenvalue weighted by atomic mass is 35.5. The molecule has 0 radical (unpaired) electrons. The van der Waals surface area contributed by atoms with Crippen molar-refractivity contribution in [1.82, 2.24) is 15.8 Å².